The molecule has 0 aromatic carbocycles. The van der Waals surface area contributed by atoms with E-state index >= 15 is 0 Å². The highest BCUT2D eigenvalue weighted by molar-refractivity contribution is 7.47. The fourth-order valence-electron chi connectivity index (χ4n) is 10.9. The maximum Gasteiger partial charge on any atom is 0.472 e. The highest BCUT2D eigenvalue weighted by Crippen LogP contribution is 2.45. The highest BCUT2D eigenvalue weighted by atomic mass is 31.2. The van der Waals surface area contributed by atoms with E-state index in [1.165, 1.54) is 148 Å². The summed E-state index contributed by atoms with van der Waals surface area (Å²) in [5.74, 6) is 0.0954. The van der Waals surface area contributed by atoms with Gasteiger partial charge in [-0.2, -0.15) is 0 Å². The van der Waals surface area contributed by atoms with Crippen molar-refractivity contribution in [2.75, 3.05) is 39.6 Å². The van der Waals surface area contributed by atoms with Crippen molar-refractivity contribution in [2.45, 2.75) is 375 Å². The number of phosphoric ester groups is 2. The number of aliphatic hydroxyl groups is 1. The average Bonchev–Trinajstić information content (AvgIpc) is 1.59. The van der Waals surface area contributed by atoms with Gasteiger partial charge in [-0.25, -0.2) is 9.13 Å². The second-order valence-corrected chi connectivity index (χ2v) is 30.7. The zero-order chi connectivity index (χ0) is 69.4. The predicted octanol–water partition coefficient (Wildman–Crippen LogP) is 21.3. The summed E-state index contributed by atoms with van der Waals surface area (Å²) in [6.45, 7) is 11.8. The van der Waals surface area contributed by atoms with Gasteiger partial charge < -0.3 is 33.8 Å². The summed E-state index contributed by atoms with van der Waals surface area (Å²) in [4.78, 5) is 72.7. The summed E-state index contributed by atoms with van der Waals surface area (Å²) in [6.07, 6.45) is 53.6. The van der Waals surface area contributed by atoms with E-state index in [4.69, 9.17) is 37.0 Å². The third-order valence-electron chi connectivity index (χ3n) is 16.8. The van der Waals surface area contributed by atoms with Crippen LogP contribution in [0.25, 0.3) is 0 Å². The average molecular weight is 1380 g/mol. The molecule has 0 fully saturated rings. The number of rotatable bonds is 71. The van der Waals surface area contributed by atoms with Crippen LogP contribution in [0.3, 0.4) is 0 Å². The van der Waals surface area contributed by atoms with E-state index in [9.17, 15) is 43.2 Å². The summed E-state index contributed by atoms with van der Waals surface area (Å²) in [5.41, 5.74) is 0. The minimum Gasteiger partial charge on any atom is -0.462 e. The van der Waals surface area contributed by atoms with Gasteiger partial charge in [-0.3, -0.25) is 37.3 Å². The molecule has 0 amide bonds. The Labute approximate surface area is 573 Å². The first kappa shape index (κ1) is 91.5. The van der Waals surface area contributed by atoms with Crippen molar-refractivity contribution >= 4 is 39.5 Å². The lowest BCUT2D eigenvalue weighted by atomic mass is 10.0. The van der Waals surface area contributed by atoms with Gasteiger partial charge in [0.15, 0.2) is 12.2 Å². The third kappa shape index (κ3) is 68.1. The number of hydrogen-bond acceptors (Lipinski definition) is 15. The lowest BCUT2D eigenvalue weighted by Crippen LogP contribution is -2.30. The fraction of sp³-hybridized carbons (Fsp3) is 0.893. The van der Waals surface area contributed by atoms with Crippen LogP contribution in [0.15, 0.2) is 24.3 Å². The summed E-state index contributed by atoms with van der Waals surface area (Å²) in [6, 6.07) is 0. The first-order chi connectivity index (χ1) is 45.2. The Morgan fingerprint density at radius 2 is 0.574 bits per heavy atom. The number of hydrogen-bond donors (Lipinski definition) is 3. The van der Waals surface area contributed by atoms with Gasteiger partial charge >= 0.3 is 39.5 Å². The minimum absolute atomic E-state index is 0.0839. The lowest BCUT2D eigenvalue weighted by molar-refractivity contribution is -0.161. The maximum absolute atomic E-state index is 13.1. The monoisotopic (exact) mass is 1380 g/mol. The van der Waals surface area contributed by atoms with Crippen LogP contribution in [-0.2, 0) is 65.4 Å². The number of phosphoric acid groups is 2. The van der Waals surface area contributed by atoms with Crippen molar-refractivity contribution in [1.29, 1.82) is 0 Å². The van der Waals surface area contributed by atoms with E-state index in [-0.39, 0.29) is 25.7 Å². The van der Waals surface area contributed by atoms with Crippen LogP contribution in [0.4, 0.5) is 0 Å². The highest BCUT2D eigenvalue weighted by Gasteiger charge is 2.30. The molecular formula is C75H142O17P2. The first-order valence-corrected chi connectivity index (χ1v) is 41.2. The van der Waals surface area contributed by atoms with Gasteiger partial charge in [-0.1, -0.05) is 304 Å². The zero-order valence-electron chi connectivity index (χ0n) is 60.9. The number of ether oxygens (including phenoxy) is 4. The van der Waals surface area contributed by atoms with Crippen LogP contribution in [0.1, 0.15) is 357 Å². The molecule has 0 aromatic heterocycles. The molecule has 0 aliphatic heterocycles. The predicted molar refractivity (Wildman–Crippen MR) is 381 cm³/mol. The molecule has 0 aliphatic carbocycles. The number of aliphatic hydroxyl groups excluding tert-OH is 1. The first-order valence-electron chi connectivity index (χ1n) is 38.2. The third-order valence-corrected chi connectivity index (χ3v) is 18.7. The molecule has 554 valence electrons. The molecule has 94 heavy (non-hydrogen) atoms. The molecule has 0 bridgehead atoms. The molecule has 0 radical (unpaired) electrons. The molecule has 0 spiro atoms. The van der Waals surface area contributed by atoms with E-state index in [1.54, 1.807) is 0 Å². The van der Waals surface area contributed by atoms with Crippen molar-refractivity contribution in [3.05, 3.63) is 24.3 Å². The number of unbranched alkanes of at least 4 members (excludes halogenated alkanes) is 36. The second kappa shape index (κ2) is 65.2. The van der Waals surface area contributed by atoms with Gasteiger partial charge in [0, 0.05) is 25.7 Å². The van der Waals surface area contributed by atoms with E-state index in [1.807, 2.05) is 0 Å². The molecule has 0 heterocycles. The summed E-state index contributed by atoms with van der Waals surface area (Å²) >= 11 is 0. The molecule has 0 saturated heterocycles. The number of allylic oxidation sites excluding steroid dienone is 4. The second-order valence-electron chi connectivity index (χ2n) is 27.8. The van der Waals surface area contributed by atoms with Crippen LogP contribution in [0.5, 0.6) is 0 Å². The Morgan fingerprint density at radius 1 is 0.330 bits per heavy atom. The van der Waals surface area contributed by atoms with E-state index in [2.05, 4.69) is 72.8 Å². The molecule has 0 aromatic rings. The van der Waals surface area contributed by atoms with Gasteiger partial charge in [0.2, 0.25) is 0 Å². The van der Waals surface area contributed by atoms with Gasteiger partial charge in [0.05, 0.1) is 26.4 Å². The Morgan fingerprint density at radius 3 is 0.862 bits per heavy atom. The van der Waals surface area contributed by atoms with Crippen LogP contribution in [-0.4, -0.2) is 96.7 Å². The Hall–Kier alpha value is -2.46. The van der Waals surface area contributed by atoms with Crippen molar-refractivity contribution in [3.8, 4) is 0 Å². The smallest absolute Gasteiger partial charge is 0.462 e. The molecule has 5 atom stereocenters. The van der Waals surface area contributed by atoms with E-state index in [0.29, 0.717) is 31.6 Å². The van der Waals surface area contributed by atoms with Crippen molar-refractivity contribution in [1.82, 2.24) is 0 Å². The van der Waals surface area contributed by atoms with E-state index < -0.39 is 97.5 Å². The Kier molecular flexibility index (Phi) is 63.5. The number of esters is 4. The SMILES string of the molecule is CCCCCC/C=C\C=C/CCCCCCCC(=O)O[C@H](COC(=O)CCCCCCCCCC(C)C)COP(=O)(O)OCC(O)COP(=O)(O)OC[C@@H](COC(=O)CCCCCCCCCCCCCCC(C)C)OC(=O)CCCCCCCCCCCCCC(C)C. The minimum atomic E-state index is -4.96. The van der Waals surface area contributed by atoms with Crippen molar-refractivity contribution < 1.29 is 80.2 Å². The molecule has 0 aliphatic rings. The lowest BCUT2D eigenvalue weighted by Gasteiger charge is -2.21. The van der Waals surface area contributed by atoms with Crippen LogP contribution in [0, 0.1) is 17.8 Å². The zero-order valence-corrected chi connectivity index (χ0v) is 62.7. The van der Waals surface area contributed by atoms with Crippen molar-refractivity contribution in [3.63, 3.8) is 0 Å². The molecule has 0 rings (SSSR count). The van der Waals surface area contributed by atoms with Crippen molar-refractivity contribution in [2.24, 2.45) is 17.8 Å². The normalized spacial score (nSPS) is 14.3. The van der Waals surface area contributed by atoms with Gasteiger partial charge in [-0.15, -0.1) is 0 Å². The maximum atomic E-state index is 13.1. The Balaban J connectivity index is 5.29. The van der Waals surface area contributed by atoms with Crippen LogP contribution >= 0.6 is 15.6 Å². The summed E-state index contributed by atoms with van der Waals surface area (Å²) in [5, 5.41) is 10.6. The molecule has 3 N–H and O–H groups in total. The number of carbonyl (C=O) groups excluding carboxylic acids is 4. The Bertz CT molecular complexity index is 1930. The topological polar surface area (TPSA) is 237 Å². The molecular weight excluding hydrogens is 1230 g/mol. The van der Waals surface area contributed by atoms with Gasteiger partial charge in [-0.05, 0) is 69.1 Å². The molecule has 17 nitrogen and oxygen atoms in total. The van der Waals surface area contributed by atoms with Crippen LogP contribution in [0.2, 0.25) is 0 Å². The number of carbonyl (C=O) groups is 4. The fourth-order valence-corrected chi connectivity index (χ4v) is 12.5. The largest absolute Gasteiger partial charge is 0.472 e. The molecule has 0 saturated carbocycles. The van der Waals surface area contributed by atoms with Gasteiger partial charge in [0.25, 0.3) is 0 Å². The summed E-state index contributed by atoms with van der Waals surface area (Å²) < 4.78 is 68.4. The van der Waals surface area contributed by atoms with E-state index in [0.717, 1.165) is 121 Å². The van der Waals surface area contributed by atoms with Crippen LogP contribution < -0.4 is 0 Å². The summed E-state index contributed by atoms with van der Waals surface area (Å²) in [7, 11) is -9.92. The van der Waals surface area contributed by atoms with Gasteiger partial charge in [0.1, 0.15) is 19.3 Å². The standard InChI is InChI=1S/C75H142O17P2/c1-8-9-10-11-12-13-14-15-16-17-24-29-36-44-51-58-74(79)92-71(63-86-73(78)57-50-43-38-31-34-41-48-55-68(6)7)65-90-94(83,84)88-61-69(76)60-87-93(81,82)89-64-70(91-75(80)59-52-45-37-30-25-20-22-27-33-40-47-54-67(4)5)62-85-72(77)56-49-42-35-28-23-19-18-21-26-32-39-46-53-66(2)3/h13-16,66-71,76H,8-12,17-65H2,1-7H3,(H,81,82)(H,83,84)/b14-13-,16-15-/t69?,70-,71-/m1/s1. The quantitative estimate of drug-likeness (QED) is 0.0169. The molecule has 19 heteroatoms. The molecule has 3 unspecified atom stereocenters.